The molecule has 114 valence electrons. The van der Waals surface area contributed by atoms with Crippen LogP contribution in [0.25, 0.3) is 0 Å². The molecule has 0 spiro atoms. The van der Waals surface area contributed by atoms with Crippen molar-refractivity contribution in [1.82, 2.24) is 4.72 Å². The molecule has 20 heavy (non-hydrogen) atoms. The standard InChI is InChI=1S/C11H16FNO5S2/c1-9(7-8-18-2)13-20(16,17)11-5-3-10(4-6-11)19(12,14)15/h3-6,9,13H,7-8H2,1-2H3. The molecule has 1 aromatic rings. The predicted molar refractivity (Wildman–Crippen MR) is 71.0 cm³/mol. The summed E-state index contributed by atoms with van der Waals surface area (Å²) in [5.41, 5.74) is 0. The van der Waals surface area contributed by atoms with Crippen molar-refractivity contribution < 1.29 is 25.5 Å². The molecule has 0 amide bonds. The van der Waals surface area contributed by atoms with Crippen LogP contribution < -0.4 is 4.72 Å². The molecule has 0 radical (unpaired) electrons. The Labute approximate surface area is 118 Å². The molecule has 0 saturated carbocycles. The summed E-state index contributed by atoms with van der Waals surface area (Å²) in [5, 5.41) is 0. The highest BCUT2D eigenvalue weighted by Gasteiger charge is 2.19. The van der Waals surface area contributed by atoms with Crippen molar-refractivity contribution in [2.75, 3.05) is 13.7 Å². The molecule has 0 fully saturated rings. The highest BCUT2D eigenvalue weighted by Crippen LogP contribution is 2.16. The molecule has 0 aliphatic heterocycles. The van der Waals surface area contributed by atoms with Gasteiger partial charge in [0.25, 0.3) is 0 Å². The lowest BCUT2D eigenvalue weighted by Gasteiger charge is -2.13. The van der Waals surface area contributed by atoms with Gasteiger partial charge in [0.1, 0.15) is 0 Å². The Kier molecular flexibility index (Phi) is 5.63. The average Bonchev–Trinajstić information content (AvgIpc) is 2.35. The van der Waals surface area contributed by atoms with Crippen LogP contribution in [0.4, 0.5) is 3.89 Å². The Hall–Kier alpha value is -1.03. The Morgan fingerprint density at radius 3 is 2.10 bits per heavy atom. The van der Waals surface area contributed by atoms with Gasteiger partial charge < -0.3 is 4.74 Å². The Morgan fingerprint density at radius 2 is 1.65 bits per heavy atom. The van der Waals surface area contributed by atoms with Crippen LogP contribution >= 0.6 is 0 Å². The summed E-state index contributed by atoms with van der Waals surface area (Å²) in [6, 6.07) is 3.55. The molecule has 0 aliphatic rings. The summed E-state index contributed by atoms with van der Waals surface area (Å²) >= 11 is 0. The first-order chi connectivity index (χ1) is 9.16. The normalized spacial score (nSPS) is 14.2. The number of hydrogen-bond donors (Lipinski definition) is 1. The summed E-state index contributed by atoms with van der Waals surface area (Å²) in [6.45, 7) is 2.08. The van der Waals surface area contributed by atoms with E-state index in [1.165, 1.54) is 7.11 Å². The smallest absolute Gasteiger partial charge is 0.332 e. The zero-order valence-electron chi connectivity index (χ0n) is 11.0. The van der Waals surface area contributed by atoms with E-state index in [4.69, 9.17) is 4.74 Å². The van der Waals surface area contributed by atoms with Crippen molar-refractivity contribution in [3.63, 3.8) is 0 Å². The largest absolute Gasteiger partial charge is 0.385 e. The fraction of sp³-hybridized carbons (Fsp3) is 0.455. The molecule has 1 unspecified atom stereocenters. The highest BCUT2D eigenvalue weighted by molar-refractivity contribution is 7.89. The van der Waals surface area contributed by atoms with Gasteiger partial charge in [-0.05, 0) is 37.6 Å². The maximum Gasteiger partial charge on any atom is 0.332 e. The molecule has 1 N–H and O–H groups in total. The molecule has 9 heteroatoms. The number of benzene rings is 1. The van der Waals surface area contributed by atoms with E-state index in [0.29, 0.717) is 13.0 Å². The van der Waals surface area contributed by atoms with E-state index >= 15 is 0 Å². The van der Waals surface area contributed by atoms with Crippen molar-refractivity contribution in [2.45, 2.75) is 29.2 Å². The minimum Gasteiger partial charge on any atom is -0.385 e. The van der Waals surface area contributed by atoms with E-state index in [9.17, 15) is 20.7 Å². The highest BCUT2D eigenvalue weighted by atomic mass is 32.3. The summed E-state index contributed by atoms with van der Waals surface area (Å²) in [5.74, 6) is 0. The lowest BCUT2D eigenvalue weighted by molar-refractivity contribution is 0.188. The first-order valence-corrected chi connectivity index (χ1v) is 8.59. The maximum atomic E-state index is 12.7. The number of nitrogens with one attached hydrogen (secondary N) is 1. The molecule has 0 saturated heterocycles. The molecule has 1 atom stereocenters. The van der Waals surface area contributed by atoms with Crippen molar-refractivity contribution in [2.24, 2.45) is 0 Å². The third-order valence-corrected chi connectivity index (χ3v) is 4.97. The van der Waals surface area contributed by atoms with Gasteiger partial charge in [0, 0.05) is 19.8 Å². The summed E-state index contributed by atoms with van der Waals surface area (Å²) < 4.78 is 65.2. The predicted octanol–water partition coefficient (Wildman–Crippen LogP) is 1.05. The number of hydrogen-bond acceptors (Lipinski definition) is 5. The molecule has 0 aliphatic carbocycles. The maximum absolute atomic E-state index is 12.7. The molecule has 0 bridgehead atoms. The second kappa shape index (κ2) is 6.61. The van der Waals surface area contributed by atoms with Gasteiger partial charge in [-0.1, -0.05) is 0 Å². The van der Waals surface area contributed by atoms with Gasteiger partial charge in [0.15, 0.2) is 0 Å². The Morgan fingerprint density at radius 1 is 1.15 bits per heavy atom. The Bertz CT molecular complexity index is 640. The SMILES string of the molecule is COCCC(C)NS(=O)(=O)c1ccc(S(=O)(=O)F)cc1. The van der Waals surface area contributed by atoms with Gasteiger partial charge in [-0.2, -0.15) is 8.42 Å². The van der Waals surface area contributed by atoms with Gasteiger partial charge in [-0.15, -0.1) is 3.89 Å². The van der Waals surface area contributed by atoms with Crippen LogP contribution in [-0.4, -0.2) is 36.6 Å². The number of rotatable bonds is 7. The summed E-state index contributed by atoms with van der Waals surface area (Å²) in [6.07, 6.45) is 0.493. The molecule has 0 heterocycles. The minimum atomic E-state index is -4.83. The molecular weight excluding hydrogens is 309 g/mol. The quantitative estimate of drug-likeness (QED) is 0.757. The fourth-order valence-corrected chi connectivity index (χ4v) is 3.21. The van der Waals surface area contributed by atoms with Crippen LogP contribution in [0, 0.1) is 0 Å². The number of methoxy groups -OCH3 is 1. The van der Waals surface area contributed by atoms with Crippen molar-refractivity contribution in [3.8, 4) is 0 Å². The first kappa shape index (κ1) is 17.0. The molecular formula is C11H16FNO5S2. The van der Waals surface area contributed by atoms with Gasteiger partial charge in [-0.25, -0.2) is 13.1 Å². The van der Waals surface area contributed by atoms with Crippen LogP contribution in [0.5, 0.6) is 0 Å². The molecule has 6 nitrogen and oxygen atoms in total. The van der Waals surface area contributed by atoms with Crippen LogP contribution in [0.3, 0.4) is 0 Å². The summed E-state index contributed by atoms with van der Waals surface area (Å²) in [7, 11) is -7.10. The summed E-state index contributed by atoms with van der Waals surface area (Å²) in [4.78, 5) is -0.710. The van der Waals surface area contributed by atoms with Crippen LogP contribution in [-0.2, 0) is 25.0 Å². The zero-order chi connectivity index (χ0) is 15.4. The van der Waals surface area contributed by atoms with Crippen molar-refractivity contribution in [1.29, 1.82) is 0 Å². The molecule has 1 rings (SSSR count). The second-order valence-electron chi connectivity index (χ2n) is 4.21. The van der Waals surface area contributed by atoms with E-state index in [-0.39, 0.29) is 10.9 Å². The van der Waals surface area contributed by atoms with E-state index in [2.05, 4.69) is 4.72 Å². The lowest BCUT2D eigenvalue weighted by Crippen LogP contribution is -2.33. The monoisotopic (exact) mass is 325 g/mol. The lowest BCUT2D eigenvalue weighted by atomic mass is 10.3. The van der Waals surface area contributed by atoms with E-state index in [0.717, 1.165) is 24.3 Å². The topological polar surface area (TPSA) is 89.5 Å². The van der Waals surface area contributed by atoms with Gasteiger partial charge in [0.05, 0.1) is 9.79 Å². The van der Waals surface area contributed by atoms with E-state index in [1.54, 1.807) is 6.92 Å². The fourth-order valence-electron chi connectivity index (χ4n) is 1.47. The molecule has 1 aromatic carbocycles. The molecule has 0 aromatic heterocycles. The van der Waals surface area contributed by atoms with Gasteiger partial charge in [0.2, 0.25) is 10.0 Å². The van der Waals surface area contributed by atoms with E-state index < -0.39 is 25.1 Å². The van der Waals surface area contributed by atoms with Crippen LogP contribution in [0.15, 0.2) is 34.1 Å². The van der Waals surface area contributed by atoms with Crippen LogP contribution in [0.1, 0.15) is 13.3 Å². The first-order valence-electron chi connectivity index (χ1n) is 5.73. The number of sulfonamides is 1. The van der Waals surface area contributed by atoms with E-state index in [1.807, 2.05) is 0 Å². The third-order valence-electron chi connectivity index (χ3n) is 2.53. The number of halogens is 1. The second-order valence-corrected chi connectivity index (χ2v) is 7.27. The minimum absolute atomic E-state index is 0.130. The van der Waals surface area contributed by atoms with Crippen molar-refractivity contribution in [3.05, 3.63) is 24.3 Å². The average molecular weight is 325 g/mol. The third kappa shape index (κ3) is 4.82. The van der Waals surface area contributed by atoms with Crippen molar-refractivity contribution >= 4 is 20.2 Å². The number of ether oxygens (including phenoxy) is 1. The van der Waals surface area contributed by atoms with Crippen LogP contribution in [0.2, 0.25) is 0 Å². The zero-order valence-corrected chi connectivity index (χ0v) is 12.7. The van der Waals surface area contributed by atoms with Gasteiger partial charge in [-0.3, -0.25) is 0 Å². The van der Waals surface area contributed by atoms with Gasteiger partial charge >= 0.3 is 10.2 Å². The Balaban J connectivity index is 2.88.